The molecule has 1 unspecified atom stereocenters. The second-order valence-corrected chi connectivity index (χ2v) is 5.66. The molecule has 0 aliphatic rings. The van der Waals surface area contributed by atoms with E-state index in [0.29, 0.717) is 0 Å². The Morgan fingerprint density at radius 1 is 1.44 bits per heavy atom. The van der Waals surface area contributed by atoms with Crippen molar-refractivity contribution in [2.45, 2.75) is 25.7 Å². The predicted octanol–water partition coefficient (Wildman–Crippen LogP) is 3.97. The zero-order chi connectivity index (χ0) is 12.3. The van der Waals surface area contributed by atoms with Crippen LogP contribution in [0.25, 0.3) is 0 Å². The summed E-state index contributed by atoms with van der Waals surface area (Å²) in [6, 6.07) is 7.82. The quantitative estimate of drug-likeness (QED) is 0.832. The lowest BCUT2D eigenvalue weighted by atomic mass is 9.80. The Kier molecular flexibility index (Phi) is 4.28. The summed E-state index contributed by atoms with van der Waals surface area (Å²) in [6.45, 7) is 3.29. The molecule has 1 rings (SSSR count). The van der Waals surface area contributed by atoms with Gasteiger partial charge in [-0.05, 0) is 63.4 Å². The maximum Gasteiger partial charge on any atom is 0.131 e. The Bertz CT molecular complexity index is 465. The van der Waals surface area contributed by atoms with Crippen molar-refractivity contribution in [3.05, 3.63) is 32.7 Å². The standard InChI is InChI=1S/C12H11Br2NO/c1-8(16)6-12(2,7-15)9-3-4-10(13)11(14)5-9/h3-5H,6H2,1-2H3. The van der Waals surface area contributed by atoms with Gasteiger partial charge < -0.3 is 0 Å². The highest BCUT2D eigenvalue weighted by Gasteiger charge is 2.28. The Morgan fingerprint density at radius 2 is 2.06 bits per heavy atom. The molecule has 1 atom stereocenters. The van der Waals surface area contributed by atoms with Crippen LogP contribution in [0.15, 0.2) is 27.1 Å². The van der Waals surface area contributed by atoms with Crippen LogP contribution in [-0.4, -0.2) is 5.78 Å². The number of halogens is 2. The minimum absolute atomic E-state index is 0.0168. The smallest absolute Gasteiger partial charge is 0.131 e. The van der Waals surface area contributed by atoms with Gasteiger partial charge in [0.2, 0.25) is 0 Å². The third-order valence-corrected chi connectivity index (χ3v) is 4.29. The largest absolute Gasteiger partial charge is 0.300 e. The lowest BCUT2D eigenvalue weighted by molar-refractivity contribution is -0.117. The minimum atomic E-state index is -0.755. The molecule has 0 aliphatic heterocycles. The molecule has 0 saturated carbocycles. The number of hydrogen-bond acceptors (Lipinski definition) is 2. The second kappa shape index (κ2) is 5.11. The predicted molar refractivity (Wildman–Crippen MR) is 70.1 cm³/mol. The van der Waals surface area contributed by atoms with Gasteiger partial charge in [0, 0.05) is 15.4 Å². The van der Waals surface area contributed by atoms with Crippen molar-refractivity contribution in [2.75, 3.05) is 0 Å². The minimum Gasteiger partial charge on any atom is -0.300 e. The molecule has 0 aromatic heterocycles. The van der Waals surface area contributed by atoms with Crippen LogP contribution in [0.4, 0.5) is 0 Å². The molecule has 1 aromatic carbocycles. The number of carbonyl (C=O) groups excluding carboxylic acids is 1. The van der Waals surface area contributed by atoms with Gasteiger partial charge in [0.15, 0.2) is 0 Å². The van der Waals surface area contributed by atoms with E-state index in [4.69, 9.17) is 0 Å². The van der Waals surface area contributed by atoms with Crippen molar-refractivity contribution in [1.29, 1.82) is 5.26 Å². The summed E-state index contributed by atoms with van der Waals surface area (Å²) in [6.07, 6.45) is 0.234. The van der Waals surface area contributed by atoms with Crippen LogP contribution in [0.1, 0.15) is 25.8 Å². The monoisotopic (exact) mass is 343 g/mol. The number of Topliss-reactive ketones (excluding diaryl/α,β-unsaturated/α-hetero) is 1. The second-order valence-electron chi connectivity index (χ2n) is 3.95. The Morgan fingerprint density at radius 3 is 2.50 bits per heavy atom. The van der Waals surface area contributed by atoms with E-state index in [1.165, 1.54) is 6.92 Å². The maximum absolute atomic E-state index is 11.2. The average Bonchev–Trinajstić information content (AvgIpc) is 2.21. The summed E-state index contributed by atoms with van der Waals surface area (Å²) in [5, 5.41) is 9.22. The van der Waals surface area contributed by atoms with E-state index in [9.17, 15) is 10.1 Å². The van der Waals surface area contributed by atoms with Crippen LogP contribution in [0.5, 0.6) is 0 Å². The van der Waals surface area contributed by atoms with Gasteiger partial charge in [-0.25, -0.2) is 0 Å². The third kappa shape index (κ3) is 2.93. The first-order valence-corrected chi connectivity index (χ1v) is 6.34. The van der Waals surface area contributed by atoms with E-state index in [1.54, 1.807) is 6.92 Å². The number of carbonyl (C=O) groups is 1. The average molecular weight is 345 g/mol. The lowest BCUT2D eigenvalue weighted by Crippen LogP contribution is -2.22. The highest BCUT2D eigenvalue weighted by molar-refractivity contribution is 9.13. The van der Waals surface area contributed by atoms with Crippen molar-refractivity contribution >= 4 is 37.6 Å². The summed E-state index contributed by atoms with van der Waals surface area (Å²) >= 11 is 6.76. The van der Waals surface area contributed by atoms with Crippen LogP contribution in [-0.2, 0) is 10.2 Å². The number of nitrogens with zero attached hydrogens (tertiary/aromatic N) is 1. The molecular formula is C12H11Br2NO. The third-order valence-electron chi connectivity index (χ3n) is 2.41. The fourth-order valence-electron chi connectivity index (χ4n) is 1.54. The van der Waals surface area contributed by atoms with Gasteiger partial charge in [-0.3, -0.25) is 4.79 Å². The van der Waals surface area contributed by atoms with Gasteiger partial charge in [-0.2, -0.15) is 5.26 Å². The maximum atomic E-state index is 11.2. The normalized spacial score (nSPS) is 13.9. The van der Waals surface area contributed by atoms with E-state index in [-0.39, 0.29) is 12.2 Å². The summed E-state index contributed by atoms with van der Waals surface area (Å²) < 4.78 is 1.81. The van der Waals surface area contributed by atoms with Gasteiger partial charge in [-0.15, -0.1) is 0 Å². The van der Waals surface area contributed by atoms with Crippen LogP contribution in [0.2, 0.25) is 0 Å². The van der Waals surface area contributed by atoms with Crippen molar-refractivity contribution in [2.24, 2.45) is 0 Å². The van der Waals surface area contributed by atoms with E-state index >= 15 is 0 Å². The van der Waals surface area contributed by atoms with Crippen molar-refractivity contribution in [3.63, 3.8) is 0 Å². The molecule has 0 fully saturated rings. The van der Waals surface area contributed by atoms with Gasteiger partial charge in [0.1, 0.15) is 5.78 Å². The topological polar surface area (TPSA) is 40.9 Å². The molecule has 0 N–H and O–H groups in total. The molecule has 0 heterocycles. The van der Waals surface area contributed by atoms with Crippen LogP contribution in [0.3, 0.4) is 0 Å². The summed E-state index contributed by atoms with van der Waals surface area (Å²) in [5.74, 6) is 0.0168. The summed E-state index contributed by atoms with van der Waals surface area (Å²) in [5.41, 5.74) is 0.0926. The number of rotatable bonds is 3. The van der Waals surface area contributed by atoms with Crippen molar-refractivity contribution in [1.82, 2.24) is 0 Å². The molecule has 1 aromatic rings. The van der Waals surface area contributed by atoms with Crippen LogP contribution in [0, 0.1) is 11.3 Å². The highest BCUT2D eigenvalue weighted by Crippen LogP contribution is 2.32. The van der Waals surface area contributed by atoms with Crippen molar-refractivity contribution < 1.29 is 4.79 Å². The van der Waals surface area contributed by atoms with E-state index in [1.807, 2.05) is 18.2 Å². The first-order chi connectivity index (χ1) is 7.39. The summed E-state index contributed by atoms with van der Waals surface area (Å²) in [4.78, 5) is 11.2. The first-order valence-electron chi connectivity index (χ1n) is 4.75. The van der Waals surface area contributed by atoms with Crippen molar-refractivity contribution in [3.8, 4) is 6.07 Å². The number of hydrogen-bond donors (Lipinski definition) is 0. The first kappa shape index (κ1) is 13.4. The lowest BCUT2D eigenvalue weighted by Gasteiger charge is -2.21. The molecule has 2 nitrogen and oxygen atoms in total. The highest BCUT2D eigenvalue weighted by atomic mass is 79.9. The zero-order valence-electron chi connectivity index (χ0n) is 9.05. The fraction of sp³-hybridized carbons (Fsp3) is 0.333. The van der Waals surface area contributed by atoms with E-state index in [0.717, 1.165) is 14.5 Å². The molecular weight excluding hydrogens is 334 g/mol. The number of ketones is 1. The molecule has 16 heavy (non-hydrogen) atoms. The van der Waals surface area contributed by atoms with E-state index < -0.39 is 5.41 Å². The van der Waals surface area contributed by atoms with Gasteiger partial charge in [0.25, 0.3) is 0 Å². The van der Waals surface area contributed by atoms with E-state index in [2.05, 4.69) is 37.9 Å². The van der Waals surface area contributed by atoms with Crippen LogP contribution < -0.4 is 0 Å². The molecule has 84 valence electrons. The SMILES string of the molecule is CC(=O)CC(C)(C#N)c1ccc(Br)c(Br)c1. The fourth-order valence-corrected chi connectivity index (χ4v) is 2.17. The number of benzene rings is 1. The zero-order valence-corrected chi connectivity index (χ0v) is 12.2. The molecule has 0 aliphatic carbocycles. The van der Waals surface area contributed by atoms with Gasteiger partial charge >= 0.3 is 0 Å². The molecule has 4 heteroatoms. The van der Waals surface area contributed by atoms with Crippen LogP contribution >= 0.6 is 31.9 Å². The Labute approximate surface area is 112 Å². The molecule has 0 saturated heterocycles. The van der Waals surface area contributed by atoms with Gasteiger partial charge in [-0.1, -0.05) is 6.07 Å². The molecule has 0 spiro atoms. The molecule has 0 amide bonds. The Hall–Kier alpha value is -0.660. The molecule has 0 bridgehead atoms. The molecule has 0 radical (unpaired) electrons. The Balaban J connectivity index is 3.19. The summed E-state index contributed by atoms with van der Waals surface area (Å²) in [7, 11) is 0. The number of nitriles is 1. The van der Waals surface area contributed by atoms with Gasteiger partial charge in [0.05, 0.1) is 11.5 Å².